The normalized spacial score (nSPS) is 8.43. The molecule has 0 bridgehead atoms. The minimum atomic E-state index is -0.210. The Balaban J connectivity index is -0.000000569. The molecule has 0 aliphatic rings. The first-order valence-corrected chi connectivity index (χ1v) is 8.30. The third-order valence-electron chi connectivity index (χ3n) is 2.22. The van der Waals surface area contributed by atoms with E-state index in [-0.39, 0.29) is 7.33 Å². The molecule has 0 radical (unpaired) electrons. The molecule has 0 fully saturated rings. The lowest BCUT2D eigenvalue weighted by molar-refractivity contribution is 0.0955. The molecule has 0 spiro atoms. The minimum absolute atomic E-state index is 0. The zero-order valence-electron chi connectivity index (χ0n) is 15.2. The van der Waals surface area contributed by atoms with Crippen LogP contribution in [0.4, 0.5) is 0 Å². The number of hydrogen-bond acceptors (Lipinski definition) is 2. The molecule has 1 N–H and O–H groups in total. The van der Waals surface area contributed by atoms with E-state index in [4.69, 9.17) is 0 Å². The summed E-state index contributed by atoms with van der Waals surface area (Å²) in [4.78, 5) is 11.6. The summed E-state index contributed by atoms with van der Waals surface area (Å²) in [5.41, 5.74) is 4.02. The number of benzene rings is 2. The Hall–Kier alpha value is -2.42. The molecule has 0 saturated carbocycles. The number of nitrogens with zero attached hydrogens (tertiary/aromatic N) is 1. The fraction of sp³-hybridized carbons (Fsp3) is 0.300. The Morgan fingerprint density at radius 3 is 1.74 bits per heavy atom. The van der Waals surface area contributed by atoms with Crippen LogP contribution in [0.1, 0.15) is 58.9 Å². The molecule has 2 aromatic carbocycles. The van der Waals surface area contributed by atoms with E-state index in [1.807, 2.05) is 90.1 Å². The minimum Gasteiger partial charge on any atom is -0.267 e. The highest BCUT2D eigenvalue weighted by molar-refractivity contribution is 5.94. The first-order chi connectivity index (χ1) is 11.4. The van der Waals surface area contributed by atoms with Gasteiger partial charge in [0.1, 0.15) is 0 Å². The Labute approximate surface area is 142 Å². The lowest BCUT2D eigenvalue weighted by Gasteiger charge is -1.98. The van der Waals surface area contributed by atoms with Gasteiger partial charge in [0.05, 0.1) is 6.21 Å². The van der Waals surface area contributed by atoms with Crippen molar-refractivity contribution in [3.8, 4) is 0 Å². The van der Waals surface area contributed by atoms with Gasteiger partial charge in [0, 0.05) is 6.99 Å². The van der Waals surface area contributed by atoms with Crippen molar-refractivity contribution in [1.82, 2.24) is 5.43 Å². The maximum atomic E-state index is 11.6. The third-order valence-corrected chi connectivity index (χ3v) is 2.22. The summed E-state index contributed by atoms with van der Waals surface area (Å²) in [5.74, 6) is -0.210. The van der Waals surface area contributed by atoms with Gasteiger partial charge in [0.2, 0.25) is 0 Å². The smallest absolute Gasteiger partial charge is 0.267 e. The molecule has 1 amide bonds. The summed E-state index contributed by atoms with van der Waals surface area (Å²) in [6, 6.07) is 18.6. The van der Waals surface area contributed by atoms with Crippen LogP contribution in [0.15, 0.2) is 65.8 Å². The largest absolute Gasteiger partial charge is 0.271 e. The third kappa shape index (κ3) is 10.9. The van der Waals surface area contributed by atoms with Crippen LogP contribution in [0.5, 0.6) is 0 Å². The van der Waals surface area contributed by atoms with Crippen molar-refractivity contribution in [2.45, 2.75) is 41.5 Å². The zero-order chi connectivity index (χ0) is 17.9. The summed E-state index contributed by atoms with van der Waals surface area (Å²) in [7, 11) is 0. The number of nitrogens with one attached hydrogen (secondary N) is 1. The fourth-order valence-electron chi connectivity index (χ4n) is 1.36. The van der Waals surface area contributed by atoms with Crippen LogP contribution in [0.25, 0.3) is 0 Å². The van der Waals surface area contributed by atoms with Crippen LogP contribution in [0.3, 0.4) is 0 Å². The standard InChI is InChI=1S/C14H12N2O.3C2H6.H2/c17-14(13-9-5-2-6-10-13)16-15-11-12-7-3-1-4-8-12;3*1-2;/h1-11H,(H,16,17);3*1-2H3;1H/b15-11+;;;;. The number of carbonyl (C=O) groups excluding carboxylic acids is 1. The molecule has 0 heterocycles. The summed E-state index contributed by atoms with van der Waals surface area (Å²) < 4.78 is 0. The summed E-state index contributed by atoms with van der Waals surface area (Å²) >= 11 is 0. The average Bonchev–Trinajstić information content (AvgIpc) is 2.68. The van der Waals surface area contributed by atoms with E-state index in [2.05, 4.69) is 10.5 Å². The van der Waals surface area contributed by atoms with Crippen molar-refractivity contribution >= 4 is 12.1 Å². The highest BCUT2D eigenvalue weighted by atomic mass is 16.2. The van der Waals surface area contributed by atoms with Crippen molar-refractivity contribution in [3.05, 3.63) is 71.8 Å². The predicted molar refractivity (Wildman–Crippen MR) is 104 cm³/mol. The Morgan fingerprint density at radius 2 is 1.26 bits per heavy atom. The number of hydrazone groups is 1. The molecule has 0 atom stereocenters. The molecule has 0 aliphatic carbocycles. The quantitative estimate of drug-likeness (QED) is 0.566. The molecule has 0 aromatic heterocycles. The molecule has 0 unspecified atom stereocenters. The van der Waals surface area contributed by atoms with Gasteiger partial charge in [0.15, 0.2) is 0 Å². The van der Waals surface area contributed by atoms with Gasteiger partial charge in [-0.2, -0.15) is 5.10 Å². The van der Waals surface area contributed by atoms with Gasteiger partial charge < -0.3 is 0 Å². The maximum Gasteiger partial charge on any atom is 0.271 e. The first-order valence-electron chi connectivity index (χ1n) is 8.30. The van der Waals surface area contributed by atoms with Crippen LogP contribution < -0.4 is 5.43 Å². The molecule has 3 heteroatoms. The Kier molecular flexibility index (Phi) is 17.5. The van der Waals surface area contributed by atoms with Gasteiger partial charge in [-0.1, -0.05) is 90.1 Å². The summed E-state index contributed by atoms with van der Waals surface area (Å²) in [6.07, 6.45) is 1.61. The second-order valence-corrected chi connectivity index (χ2v) is 3.48. The van der Waals surface area contributed by atoms with Crippen molar-refractivity contribution < 1.29 is 6.22 Å². The van der Waals surface area contributed by atoms with E-state index in [9.17, 15) is 4.79 Å². The Bertz CT molecular complexity index is 514. The van der Waals surface area contributed by atoms with E-state index in [1.54, 1.807) is 18.3 Å². The second kappa shape index (κ2) is 17.6. The van der Waals surface area contributed by atoms with E-state index < -0.39 is 0 Å². The van der Waals surface area contributed by atoms with Crippen LogP contribution >= 0.6 is 0 Å². The number of hydrogen-bond donors (Lipinski definition) is 1. The lowest BCUT2D eigenvalue weighted by atomic mass is 10.2. The van der Waals surface area contributed by atoms with Crippen molar-refractivity contribution in [2.75, 3.05) is 0 Å². The van der Waals surface area contributed by atoms with Crippen LogP contribution in [-0.2, 0) is 0 Å². The van der Waals surface area contributed by atoms with Crippen molar-refractivity contribution in [3.63, 3.8) is 0 Å². The number of amides is 1. The second-order valence-electron chi connectivity index (χ2n) is 3.48. The maximum absolute atomic E-state index is 11.6. The van der Waals surface area contributed by atoms with Gasteiger partial charge >= 0.3 is 0 Å². The average molecular weight is 316 g/mol. The lowest BCUT2D eigenvalue weighted by Crippen LogP contribution is -2.17. The zero-order valence-corrected chi connectivity index (χ0v) is 15.2. The van der Waals surface area contributed by atoms with E-state index in [0.29, 0.717) is 5.56 Å². The molecular weight excluding hydrogens is 284 g/mol. The monoisotopic (exact) mass is 316 g/mol. The molecule has 23 heavy (non-hydrogen) atoms. The molecule has 2 aromatic rings. The summed E-state index contributed by atoms with van der Waals surface area (Å²) in [6.45, 7) is 12.0. The number of rotatable bonds is 3. The van der Waals surface area contributed by atoms with Crippen LogP contribution in [-0.4, -0.2) is 12.1 Å². The number of carbonyl (C=O) groups is 1. The van der Waals surface area contributed by atoms with Crippen molar-refractivity contribution in [1.29, 1.82) is 0 Å². The highest BCUT2D eigenvalue weighted by Crippen LogP contribution is 1.98. The summed E-state index contributed by atoms with van der Waals surface area (Å²) in [5, 5.41) is 3.89. The first kappa shape index (κ1) is 22.9. The van der Waals surface area contributed by atoms with E-state index >= 15 is 0 Å². The van der Waals surface area contributed by atoms with E-state index in [0.717, 1.165) is 5.56 Å². The molecule has 2 rings (SSSR count). The molecular formula is C20H32N2O. The van der Waals surface area contributed by atoms with Gasteiger partial charge in [0.25, 0.3) is 5.91 Å². The van der Waals surface area contributed by atoms with Gasteiger partial charge in [-0.15, -0.1) is 0 Å². The predicted octanol–water partition coefficient (Wildman–Crippen LogP) is 5.78. The topological polar surface area (TPSA) is 41.5 Å². The molecule has 0 aliphatic heterocycles. The SMILES string of the molecule is CC.CC.CC.O=C(N/N=C/c1ccccc1)c1ccccc1.[HH]. The van der Waals surface area contributed by atoms with Gasteiger partial charge in [-0.3, -0.25) is 4.79 Å². The van der Waals surface area contributed by atoms with Crippen LogP contribution in [0, 0.1) is 0 Å². The van der Waals surface area contributed by atoms with Crippen LogP contribution in [0.2, 0.25) is 0 Å². The Morgan fingerprint density at radius 1 is 0.826 bits per heavy atom. The molecule has 128 valence electrons. The van der Waals surface area contributed by atoms with Gasteiger partial charge in [-0.25, -0.2) is 5.43 Å². The van der Waals surface area contributed by atoms with E-state index in [1.165, 1.54) is 0 Å². The van der Waals surface area contributed by atoms with Gasteiger partial charge in [-0.05, 0) is 17.7 Å². The molecule has 3 nitrogen and oxygen atoms in total. The van der Waals surface area contributed by atoms with Crippen molar-refractivity contribution in [2.24, 2.45) is 5.10 Å². The highest BCUT2D eigenvalue weighted by Gasteiger charge is 2.00. The fourth-order valence-corrected chi connectivity index (χ4v) is 1.36. The molecule has 0 saturated heterocycles.